The van der Waals surface area contributed by atoms with Crippen LogP contribution in [0.5, 0.6) is 0 Å². The van der Waals surface area contributed by atoms with Gasteiger partial charge in [-0.05, 0) is 0 Å². The molecule has 4 heteroatoms. The molecule has 0 saturated carbocycles. The molecule has 0 fully saturated rings. The van der Waals surface area contributed by atoms with Crippen LogP contribution in [0.2, 0.25) is 0 Å². The highest BCUT2D eigenvalue weighted by Gasteiger charge is 2.02. The van der Waals surface area contributed by atoms with E-state index in [-0.39, 0.29) is 0 Å². The van der Waals surface area contributed by atoms with E-state index in [9.17, 15) is 0 Å². The molecule has 2 heterocycles. The fourth-order valence-corrected chi connectivity index (χ4v) is 0.645. The fraction of sp³-hybridized carbons (Fsp3) is 0. The van der Waals surface area contributed by atoms with Gasteiger partial charge in [0.05, 0.1) is 6.20 Å². The molecule has 0 aromatic carbocycles. The number of nitrogens with zero attached hydrogens (tertiary/aromatic N) is 2. The van der Waals surface area contributed by atoms with Crippen LogP contribution in [0.3, 0.4) is 0 Å². The van der Waals surface area contributed by atoms with Crippen molar-refractivity contribution in [3.63, 3.8) is 0 Å². The van der Waals surface area contributed by atoms with Crippen molar-refractivity contribution in [2.75, 3.05) is 0 Å². The number of hydrogen-bond acceptors (Lipinski definition) is 4. The van der Waals surface area contributed by atoms with Gasteiger partial charge in [-0.2, -0.15) is 0 Å². The summed E-state index contributed by atoms with van der Waals surface area (Å²) in [5.41, 5.74) is 0.633. The minimum atomic E-state index is 0.564. The standard InChI is InChI=1S/C6H3N2O2/c1-2-10-8-5(1)6-3-7-4-9-6/h1-3H. The van der Waals surface area contributed by atoms with E-state index in [1.54, 1.807) is 6.07 Å². The highest BCUT2D eigenvalue weighted by molar-refractivity contribution is 5.47. The second-order valence-corrected chi connectivity index (χ2v) is 1.70. The summed E-state index contributed by atoms with van der Waals surface area (Å²) in [5.74, 6) is 0.564. The van der Waals surface area contributed by atoms with Crippen LogP contribution in [-0.4, -0.2) is 10.1 Å². The second-order valence-electron chi connectivity index (χ2n) is 1.70. The molecule has 0 unspecified atom stereocenters. The van der Waals surface area contributed by atoms with Crippen LogP contribution in [0.1, 0.15) is 0 Å². The summed E-state index contributed by atoms with van der Waals surface area (Å²) in [4.78, 5) is 3.60. The van der Waals surface area contributed by atoms with Crippen LogP contribution >= 0.6 is 0 Å². The Hall–Kier alpha value is -1.58. The summed E-state index contributed by atoms with van der Waals surface area (Å²) in [6.45, 7) is 0. The normalized spacial score (nSPS) is 10.0. The predicted molar refractivity (Wildman–Crippen MR) is 30.8 cm³/mol. The Morgan fingerprint density at radius 1 is 1.50 bits per heavy atom. The van der Waals surface area contributed by atoms with Gasteiger partial charge in [0.15, 0.2) is 11.5 Å². The second kappa shape index (κ2) is 1.98. The van der Waals surface area contributed by atoms with E-state index in [2.05, 4.69) is 21.1 Å². The number of hydrogen-bond donors (Lipinski definition) is 0. The van der Waals surface area contributed by atoms with E-state index in [0.29, 0.717) is 11.5 Å². The van der Waals surface area contributed by atoms with E-state index in [1.807, 2.05) is 0 Å². The maximum atomic E-state index is 4.82. The lowest BCUT2D eigenvalue weighted by Crippen LogP contribution is -1.68. The SMILES string of the molecule is [c]1ncc(-c2ccon2)o1. The first-order chi connectivity index (χ1) is 4.97. The molecule has 2 aromatic heterocycles. The lowest BCUT2D eigenvalue weighted by atomic mass is 10.4. The molecule has 0 aliphatic carbocycles. The van der Waals surface area contributed by atoms with E-state index in [1.165, 1.54) is 12.5 Å². The largest absolute Gasteiger partial charge is 0.431 e. The minimum Gasteiger partial charge on any atom is -0.431 e. The molecular weight excluding hydrogens is 132 g/mol. The highest BCUT2D eigenvalue weighted by Crippen LogP contribution is 2.13. The number of rotatable bonds is 1. The summed E-state index contributed by atoms with van der Waals surface area (Å²) < 4.78 is 9.41. The maximum Gasteiger partial charge on any atom is 0.284 e. The summed E-state index contributed by atoms with van der Waals surface area (Å²) in [6.07, 6.45) is 5.31. The molecule has 0 N–H and O–H groups in total. The van der Waals surface area contributed by atoms with Crippen LogP contribution in [-0.2, 0) is 0 Å². The molecule has 0 amide bonds. The zero-order chi connectivity index (χ0) is 6.81. The molecule has 4 nitrogen and oxygen atoms in total. The van der Waals surface area contributed by atoms with Gasteiger partial charge in [0, 0.05) is 6.07 Å². The van der Waals surface area contributed by atoms with Crippen molar-refractivity contribution in [2.45, 2.75) is 0 Å². The van der Waals surface area contributed by atoms with Crippen molar-refractivity contribution in [1.29, 1.82) is 0 Å². The molecule has 0 saturated heterocycles. The zero-order valence-electron chi connectivity index (χ0n) is 4.94. The lowest BCUT2D eigenvalue weighted by Gasteiger charge is -1.79. The van der Waals surface area contributed by atoms with Crippen molar-refractivity contribution in [2.24, 2.45) is 0 Å². The Kier molecular flexibility index (Phi) is 1.04. The zero-order valence-corrected chi connectivity index (χ0v) is 4.94. The molecule has 0 aliphatic rings. The first-order valence-electron chi connectivity index (χ1n) is 2.69. The summed E-state index contributed by atoms with van der Waals surface area (Å²) in [7, 11) is 0. The molecule has 0 bridgehead atoms. The topological polar surface area (TPSA) is 52.1 Å². The van der Waals surface area contributed by atoms with Gasteiger partial charge in [-0.15, -0.1) is 0 Å². The van der Waals surface area contributed by atoms with Crippen molar-refractivity contribution < 1.29 is 8.94 Å². The lowest BCUT2D eigenvalue weighted by molar-refractivity contribution is 0.419. The Labute approximate surface area is 56.5 Å². The third-order valence-electron chi connectivity index (χ3n) is 1.08. The molecule has 49 valence electrons. The Bertz CT molecular complexity index is 253. The average Bonchev–Trinajstić information content (AvgIpc) is 2.59. The highest BCUT2D eigenvalue weighted by atomic mass is 16.5. The molecule has 1 radical (unpaired) electrons. The molecule has 0 spiro atoms. The van der Waals surface area contributed by atoms with Crippen molar-refractivity contribution in [3.8, 4) is 11.5 Å². The van der Waals surface area contributed by atoms with Crippen LogP contribution < -0.4 is 0 Å². The van der Waals surface area contributed by atoms with E-state index >= 15 is 0 Å². The fourth-order valence-electron chi connectivity index (χ4n) is 0.645. The van der Waals surface area contributed by atoms with E-state index < -0.39 is 0 Å². The van der Waals surface area contributed by atoms with E-state index in [0.717, 1.165) is 0 Å². The molecule has 2 rings (SSSR count). The van der Waals surface area contributed by atoms with Gasteiger partial charge in [-0.25, -0.2) is 4.98 Å². The molecule has 0 aliphatic heterocycles. The van der Waals surface area contributed by atoms with Gasteiger partial charge in [-0.3, -0.25) is 0 Å². The van der Waals surface area contributed by atoms with Gasteiger partial charge in [0.2, 0.25) is 0 Å². The Morgan fingerprint density at radius 3 is 3.10 bits per heavy atom. The monoisotopic (exact) mass is 135 g/mol. The Morgan fingerprint density at radius 2 is 2.50 bits per heavy atom. The van der Waals surface area contributed by atoms with E-state index in [4.69, 9.17) is 4.42 Å². The van der Waals surface area contributed by atoms with Crippen LogP contribution in [0, 0.1) is 6.39 Å². The molecule has 10 heavy (non-hydrogen) atoms. The Balaban J connectivity index is 2.48. The van der Waals surface area contributed by atoms with Gasteiger partial charge >= 0.3 is 0 Å². The van der Waals surface area contributed by atoms with Gasteiger partial charge in [-0.1, -0.05) is 5.16 Å². The first kappa shape index (κ1) is 5.22. The van der Waals surface area contributed by atoms with Crippen molar-refractivity contribution >= 4 is 0 Å². The van der Waals surface area contributed by atoms with Gasteiger partial charge in [0.25, 0.3) is 6.39 Å². The van der Waals surface area contributed by atoms with Crippen LogP contribution in [0.4, 0.5) is 0 Å². The number of aromatic nitrogens is 2. The summed E-state index contributed by atoms with van der Waals surface area (Å²) >= 11 is 0. The molecule has 0 atom stereocenters. The summed E-state index contributed by atoms with van der Waals surface area (Å²) in [6, 6.07) is 1.69. The maximum absolute atomic E-state index is 4.82. The van der Waals surface area contributed by atoms with Crippen LogP contribution in [0.15, 0.2) is 27.5 Å². The summed E-state index contributed by atoms with van der Waals surface area (Å²) in [5, 5.41) is 3.63. The van der Waals surface area contributed by atoms with Crippen molar-refractivity contribution in [1.82, 2.24) is 10.1 Å². The smallest absolute Gasteiger partial charge is 0.284 e. The minimum absolute atomic E-state index is 0.564. The quantitative estimate of drug-likeness (QED) is 0.588. The predicted octanol–water partition coefficient (Wildman–Crippen LogP) is 1.13. The van der Waals surface area contributed by atoms with Gasteiger partial charge in [0.1, 0.15) is 6.26 Å². The third kappa shape index (κ3) is 0.699. The van der Waals surface area contributed by atoms with Gasteiger partial charge < -0.3 is 8.94 Å². The third-order valence-corrected chi connectivity index (χ3v) is 1.08. The number of oxazole rings is 1. The average molecular weight is 135 g/mol. The van der Waals surface area contributed by atoms with Crippen molar-refractivity contribution in [3.05, 3.63) is 24.9 Å². The molecular formula is C6H3N2O2. The first-order valence-corrected chi connectivity index (χ1v) is 2.69. The molecule has 2 aromatic rings. The van der Waals surface area contributed by atoms with Crippen LogP contribution in [0.25, 0.3) is 11.5 Å².